The van der Waals surface area contributed by atoms with Gasteiger partial charge in [-0.3, -0.25) is 4.90 Å². The third-order valence-electron chi connectivity index (χ3n) is 3.16. The van der Waals surface area contributed by atoms with Crippen LogP contribution >= 0.6 is 22.7 Å². The van der Waals surface area contributed by atoms with Crippen LogP contribution in [0.2, 0.25) is 0 Å². The predicted molar refractivity (Wildman–Crippen MR) is 80.7 cm³/mol. The summed E-state index contributed by atoms with van der Waals surface area (Å²) >= 11 is 3.44. The molecule has 102 valence electrons. The summed E-state index contributed by atoms with van der Waals surface area (Å²) in [4.78, 5) is 2.53. The Kier molecular flexibility index (Phi) is 4.10. The van der Waals surface area contributed by atoms with Crippen LogP contribution in [0.5, 0.6) is 0 Å². The Hall–Kier alpha value is -0.980. The van der Waals surface area contributed by atoms with Crippen molar-refractivity contribution in [1.82, 2.24) is 15.1 Å². The normalized spacial score (nSPS) is 15.1. The Morgan fingerprint density at radius 1 is 1.37 bits per heavy atom. The van der Waals surface area contributed by atoms with Crippen LogP contribution in [0.25, 0.3) is 0 Å². The van der Waals surface area contributed by atoms with Gasteiger partial charge < -0.3 is 5.32 Å². The van der Waals surface area contributed by atoms with E-state index in [1.807, 2.05) is 0 Å². The lowest BCUT2D eigenvalue weighted by Gasteiger charge is -2.19. The molecule has 0 aliphatic heterocycles. The maximum Gasteiger partial charge on any atom is 0.205 e. The molecule has 1 fully saturated rings. The zero-order valence-corrected chi connectivity index (χ0v) is 12.6. The standard InChI is InChI=1S/C13H18N4S2/c1-2-14-13-16-15-12(19-13)8-17(11-3-4-11)7-10-5-6-18-9-10/h5-6,9,11H,2-4,7-8H2,1H3,(H,14,16). The smallest absolute Gasteiger partial charge is 0.205 e. The Labute approximate surface area is 121 Å². The molecule has 1 aliphatic carbocycles. The van der Waals surface area contributed by atoms with Gasteiger partial charge in [-0.05, 0) is 42.2 Å². The average Bonchev–Trinajstić information content (AvgIpc) is 2.95. The molecule has 1 N–H and O–H groups in total. The largest absolute Gasteiger partial charge is 0.360 e. The molecule has 0 bridgehead atoms. The molecule has 0 spiro atoms. The van der Waals surface area contributed by atoms with Gasteiger partial charge in [0.05, 0.1) is 6.54 Å². The maximum atomic E-state index is 4.28. The lowest BCUT2D eigenvalue weighted by Crippen LogP contribution is -2.24. The predicted octanol–water partition coefficient (Wildman–Crippen LogP) is 3.20. The molecule has 6 heteroatoms. The van der Waals surface area contributed by atoms with Crippen LogP contribution in [0.3, 0.4) is 0 Å². The van der Waals surface area contributed by atoms with Crippen LogP contribution < -0.4 is 5.32 Å². The van der Waals surface area contributed by atoms with E-state index in [9.17, 15) is 0 Å². The summed E-state index contributed by atoms with van der Waals surface area (Å²) in [6.07, 6.45) is 2.64. The van der Waals surface area contributed by atoms with Crippen molar-refractivity contribution in [3.63, 3.8) is 0 Å². The van der Waals surface area contributed by atoms with E-state index in [0.29, 0.717) is 0 Å². The molecule has 2 aromatic rings. The topological polar surface area (TPSA) is 41.1 Å². The zero-order valence-electron chi connectivity index (χ0n) is 11.0. The minimum atomic E-state index is 0.742. The summed E-state index contributed by atoms with van der Waals surface area (Å²) in [5.41, 5.74) is 1.41. The van der Waals surface area contributed by atoms with Crippen LogP contribution in [0.1, 0.15) is 30.3 Å². The van der Waals surface area contributed by atoms with Crippen molar-refractivity contribution in [2.45, 2.75) is 38.9 Å². The Balaban J connectivity index is 1.63. The number of hydrogen-bond donors (Lipinski definition) is 1. The van der Waals surface area contributed by atoms with Crippen molar-refractivity contribution in [2.75, 3.05) is 11.9 Å². The minimum absolute atomic E-state index is 0.742. The van der Waals surface area contributed by atoms with Gasteiger partial charge >= 0.3 is 0 Å². The lowest BCUT2D eigenvalue weighted by molar-refractivity contribution is 0.245. The summed E-state index contributed by atoms with van der Waals surface area (Å²) in [6, 6.07) is 2.95. The lowest BCUT2D eigenvalue weighted by atomic mass is 10.3. The Bertz CT molecular complexity index is 504. The summed E-state index contributed by atoms with van der Waals surface area (Å²) in [5, 5.41) is 18.1. The van der Waals surface area contributed by atoms with Crippen LogP contribution in [0.4, 0.5) is 5.13 Å². The highest BCUT2D eigenvalue weighted by molar-refractivity contribution is 7.15. The molecule has 0 amide bonds. The van der Waals surface area contributed by atoms with Crippen molar-refractivity contribution >= 4 is 27.8 Å². The van der Waals surface area contributed by atoms with E-state index in [4.69, 9.17) is 0 Å². The number of hydrogen-bond acceptors (Lipinski definition) is 6. The number of nitrogens with one attached hydrogen (secondary N) is 1. The van der Waals surface area contributed by atoms with Gasteiger partial charge in [0.25, 0.3) is 0 Å². The molecule has 0 aromatic carbocycles. The van der Waals surface area contributed by atoms with Gasteiger partial charge in [0.2, 0.25) is 5.13 Å². The Morgan fingerprint density at radius 2 is 2.26 bits per heavy atom. The fraction of sp³-hybridized carbons (Fsp3) is 0.538. The van der Waals surface area contributed by atoms with Gasteiger partial charge in [-0.25, -0.2) is 0 Å². The monoisotopic (exact) mass is 294 g/mol. The SMILES string of the molecule is CCNc1nnc(CN(Cc2ccsc2)C2CC2)s1. The van der Waals surface area contributed by atoms with Gasteiger partial charge in [-0.15, -0.1) is 10.2 Å². The molecule has 2 heterocycles. The number of anilines is 1. The number of aromatic nitrogens is 2. The molecular formula is C13H18N4S2. The first-order chi connectivity index (χ1) is 9.35. The number of thiophene rings is 1. The molecule has 4 nitrogen and oxygen atoms in total. The third-order valence-corrected chi connectivity index (χ3v) is 4.76. The van der Waals surface area contributed by atoms with Gasteiger partial charge in [0.15, 0.2) is 0 Å². The molecule has 1 aliphatic rings. The average molecular weight is 294 g/mol. The third kappa shape index (κ3) is 3.52. The molecule has 1 saturated carbocycles. The highest BCUT2D eigenvalue weighted by Crippen LogP contribution is 2.31. The van der Waals surface area contributed by atoms with E-state index < -0.39 is 0 Å². The first-order valence-electron chi connectivity index (χ1n) is 6.66. The second-order valence-electron chi connectivity index (χ2n) is 4.80. The van der Waals surface area contributed by atoms with Crippen LogP contribution in [0.15, 0.2) is 16.8 Å². The molecular weight excluding hydrogens is 276 g/mol. The van der Waals surface area contributed by atoms with Crippen molar-refractivity contribution in [3.05, 3.63) is 27.4 Å². The molecule has 0 atom stereocenters. The second-order valence-corrected chi connectivity index (χ2v) is 6.64. The minimum Gasteiger partial charge on any atom is -0.360 e. The van der Waals surface area contributed by atoms with E-state index in [1.165, 1.54) is 18.4 Å². The molecule has 0 saturated heterocycles. The van der Waals surface area contributed by atoms with Crippen LogP contribution in [-0.4, -0.2) is 27.7 Å². The van der Waals surface area contributed by atoms with Crippen LogP contribution in [0, 0.1) is 0 Å². The molecule has 0 unspecified atom stereocenters. The fourth-order valence-corrected chi connectivity index (χ4v) is 3.58. The quantitative estimate of drug-likeness (QED) is 0.851. The maximum absolute atomic E-state index is 4.28. The summed E-state index contributed by atoms with van der Waals surface area (Å²) in [6.45, 7) is 4.93. The van der Waals surface area contributed by atoms with Gasteiger partial charge in [0.1, 0.15) is 5.01 Å². The van der Waals surface area contributed by atoms with Gasteiger partial charge in [0, 0.05) is 19.1 Å². The summed E-state index contributed by atoms with van der Waals surface area (Å²) in [5.74, 6) is 0. The fourth-order valence-electron chi connectivity index (χ4n) is 2.08. The molecule has 0 radical (unpaired) electrons. The zero-order chi connectivity index (χ0) is 13.1. The van der Waals surface area contributed by atoms with E-state index in [2.05, 4.69) is 44.2 Å². The van der Waals surface area contributed by atoms with Gasteiger partial charge in [-0.2, -0.15) is 11.3 Å². The Morgan fingerprint density at radius 3 is 2.95 bits per heavy atom. The second kappa shape index (κ2) is 5.98. The summed E-state index contributed by atoms with van der Waals surface area (Å²) < 4.78 is 0. The van der Waals surface area contributed by atoms with Crippen molar-refractivity contribution in [2.24, 2.45) is 0 Å². The number of nitrogens with zero attached hydrogens (tertiary/aromatic N) is 3. The van der Waals surface area contributed by atoms with E-state index in [-0.39, 0.29) is 0 Å². The van der Waals surface area contributed by atoms with Crippen molar-refractivity contribution in [1.29, 1.82) is 0 Å². The molecule has 19 heavy (non-hydrogen) atoms. The molecule has 2 aromatic heterocycles. The van der Waals surface area contributed by atoms with Gasteiger partial charge in [-0.1, -0.05) is 11.3 Å². The first-order valence-corrected chi connectivity index (χ1v) is 8.42. The van der Waals surface area contributed by atoms with Crippen molar-refractivity contribution < 1.29 is 0 Å². The van der Waals surface area contributed by atoms with E-state index in [0.717, 1.165) is 35.8 Å². The van der Waals surface area contributed by atoms with E-state index in [1.54, 1.807) is 22.7 Å². The highest BCUT2D eigenvalue weighted by atomic mass is 32.1. The number of rotatable bonds is 7. The van der Waals surface area contributed by atoms with Crippen LogP contribution in [-0.2, 0) is 13.1 Å². The first kappa shape index (κ1) is 13.0. The highest BCUT2D eigenvalue weighted by Gasteiger charge is 2.29. The van der Waals surface area contributed by atoms with E-state index >= 15 is 0 Å². The molecule has 3 rings (SSSR count). The summed E-state index contributed by atoms with van der Waals surface area (Å²) in [7, 11) is 0. The van der Waals surface area contributed by atoms with Crippen molar-refractivity contribution in [3.8, 4) is 0 Å².